The van der Waals surface area contributed by atoms with E-state index in [1.807, 2.05) is 0 Å². The number of rotatable bonds is 6. The SMILES string of the molecule is CC1=C(C)C([SiH2]c2ccccc2)=[C]([Pt]([c]2ccccc2)([c]2ccccc2)[c]2ccccc2)C1. The van der Waals surface area contributed by atoms with Gasteiger partial charge in [0.05, 0.1) is 0 Å². The van der Waals surface area contributed by atoms with Crippen molar-refractivity contribution in [2.45, 2.75) is 20.3 Å². The van der Waals surface area contributed by atoms with Crippen LogP contribution in [0.25, 0.3) is 0 Å². The summed E-state index contributed by atoms with van der Waals surface area (Å²) in [5.74, 6) is 0. The second kappa shape index (κ2) is 9.63. The van der Waals surface area contributed by atoms with Crippen LogP contribution in [-0.4, -0.2) is 9.52 Å². The van der Waals surface area contributed by atoms with Crippen LogP contribution in [0.1, 0.15) is 20.3 Å². The summed E-state index contributed by atoms with van der Waals surface area (Å²) >= 11 is -3.05. The Morgan fingerprint density at radius 2 is 0.939 bits per heavy atom. The van der Waals surface area contributed by atoms with Crippen molar-refractivity contribution < 1.29 is 16.1 Å². The van der Waals surface area contributed by atoms with Gasteiger partial charge in [0.1, 0.15) is 0 Å². The van der Waals surface area contributed by atoms with Gasteiger partial charge in [-0.3, -0.25) is 0 Å². The number of hydrogen-bond acceptors (Lipinski definition) is 0. The van der Waals surface area contributed by atoms with E-state index in [1.165, 1.54) is 17.0 Å². The molecule has 0 radical (unpaired) electrons. The molecule has 0 aromatic heterocycles. The topological polar surface area (TPSA) is 0 Å². The maximum absolute atomic E-state index is 3.05. The molecule has 0 spiro atoms. The summed E-state index contributed by atoms with van der Waals surface area (Å²) in [5, 5.41) is 3.23. The quantitative estimate of drug-likeness (QED) is 0.276. The van der Waals surface area contributed by atoms with E-state index in [2.05, 4.69) is 135 Å². The van der Waals surface area contributed by atoms with Gasteiger partial charge in [-0.2, -0.15) is 0 Å². The molecule has 0 bridgehead atoms. The zero-order chi connectivity index (χ0) is 22.7. The second-order valence-corrected chi connectivity index (χ2v) is 18.9. The van der Waals surface area contributed by atoms with Gasteiger partial charge >= 0.3 is 205 Å². The van der Waals surface area contributed by atoms with Crippen LogP contribution in [0.3, 0.4) is 0 Å². The van der Waals surface area contributed by atoms with Crippen LogP contribution in [0, 0.1) is 0 Å². The van der Waals surface area contributed by atoms with E-state index in [4.69, 9.17) is 0 Å². The van der Waals surface area contributed by atoms with Gasteiger partial charge in [-0.15, -0.1) is 0 Å². The molecule has 0 N–H and O–H groups in total. The normalized spacial score (nSPS) is 15.0. The van der Waals surface area contributed by atoms with Crippen molar-refractivity contribution >= 4 is 26.6 Å². The molecule has 168 valence electrons. The number of allylic oxidation sites excluding steroid dienone is 4. The molecular weight excluding hydrogens is 596 g/mol. The molecule has 2 heteroatoms. The molecule has 0 aliphatic heterocycles. The molecule has 0 nitrogen and oxygen atoms in total. The van der Waals surface area contributed by atoms with Crippen LogP contribution in [0.4, 0.5) is 0 Å². The van der Waals surface area contributed by atoms with Crippen LogP contribution in [0.2, 0.25) is 0 Å². The minimum atomic E-state index is -3.05. The van der Waals surface area contributed by atoms with Gasteiger partial charge in [-0.25, -0.2) is 0 Å². The summed E-state index contributed by atoms with van der Waals surface area (Å²) in [6.45, 7) is 4.73. The van der Waals surface area contributed by atoms with Gasteiger partial charge in [-0.05, 0) is 0 Å². The third kappa shape index (κ3) is 4.05. The van der Waals surface area contributed by atoms with Gasteiger partial charge in [0.2, 0.25) is 0 Å². The first-order valence-electron chi connectivity index (χ1n) is 11.4. The standard InChI is InChI=1S/C13H15Si.3C6H5.Pt/c1-10-8-9-13(11(10)2)14-12-6-4-3-5-7-12;3*1-2-4-6-5-3-1;/h3-7H,8,14H2,1-2H3;3*1-5H;. The molecule has 33 heavy (non-hydrogen) atoms. The molecule has 0 atom stereocenters. The van der Waals surface area contributed by atoms with Crippen LogP contribution in [-0.2, 0) is 16.1 Å². The Bertz CT molecular complexity index is 1190. The Labute approximate surface area is 203 Å². The fourth-order valence-electron chi connectivity index (χ4n) is 4.48. The third-order valence-electron chi connectivity index (χ3n) is 6.28. The number of benzene rings is 4. The van der Waals surface area contributed by atoms with Crippen LogP contribution < -0.4 is 17.0 Å². The van der Waals surface area contributed by atoms with Crippen molar-refractivity contribution in [2.75, 3.05) is 0 Å². The first kappa shape index (κ1) is 22.1. The zero-order valence-corrected chi connectivity index (χ0v) is 23.0. The summed E-state index contributed by atoms with van der Waals surface area (Å²) in [7, 11) is -0.589. The second-order valence-electron chi connectivity index (χ2n) is 8.34. The fourth-order valence-corrected chi connectivity index (χ4v) is 20.3. The van der Waals surface area contributed by atoms with Crippen molar-refractivity contribution in [3.8, 4) is 0 Å². The summed E-state index contributed by atoms with van der Waals surface area (Å²) in [4.78, 5) is 0. The Morgan fingerprint density at radius 3 is 1.36 bits per heavy atom. The summed E-state index contributed by atoms with van der Waals surface area (Å²) in [5.41, 5.74) is 3.11. The predicted octanol–water partition coefficient (Wildman–Crippen LogP) is 4.56. The summed E-state index contributed by atoms with van der Waals surface area (Å²) in [6, 6.07) is 45.4. The van der Waals surface area contributed by atoms with Crippen molar-refractivity contribution in [2.24, 2.45) is 0 Å². The molecule has 0 amide bonds. The number of hydrogen-bond donors (Lipinski definition) is 0. The fraction of sp³-hybridized carbons (Fsp3) is 0.0968. The molecule has 0 fully saturated rings. The van der Waals surface area contributed by atoms with E-state index < -0.39 is 25.6 Å². The molecular formula is C31H30PtSi. The van der Waals surface area contributed by atoms with E-state index in [1.54, 1.807) is 20.3 Å². The summed E-state index contributed by atoms with van der Waals surface area (Å²) < 4.78 is 6.33. The summed E-state index contributed by atoms with van der Waals surface area (Å²) in [6.07, 6.45) is 1.11. The molecule has 1 aliphatic rings. The average molecular weight is 626 g/mol. The molecule has 4 aromatic rings. The van der Waals surface area contributed by atoms with Gasteiger partial charge in [0.25, 0.3) is 0 Å². The molecule has 4 aromatic carbocycles. The molecule has 0 saturated carbocycles. The Kier molecular flexibility index (Phi) is 6.44. The van der Waals surface area contributed by atoms with Gasteiger partial charge in [0, 0.05) is 0 Å². The minimum absolute atomic E-state index is 0.589. The first-order valence-corrected chi connectivity index (χ1v) is 17.4. The van der Waals surface area contributed by atoms with Gasteiger partial charge in [-0.1, -0.05) is 0 Å². The van der Waals surface area contributed by atoms with Crippen molar-refractivity contribution in [3.05, 3.63) is 142 Å². The van der Waals surface area contributed by atoms with Crippen molar-refractivity contribution in [1.29, 1.82) is 0 Å². The van der Waals surface area contributed by atoms with Crippen molar-refractivity contribution in [1.82, 2.24) is 0 Å². The van der Waals surface area contributed by atoms with Crippen LogP contribution in [0.5, 0.6) is 0 Å². The zero-order valence-electron chi connectivity index (χ0n) is 19.3. The van der Waals surface area contributed by atoms with Crippen molar-refractivity contribution in [3.63, 3.8) is 0 Å². The molecule has 0 saturated heterocycles. The average Bonchev–Trinajstić information content (AvgIpc) is 3.16. The van der Waals surface area contributed by atoms with E-state index in [-0.39, 0.29) is 0 Å². The van der Waals surface area contributed by atoms with Gasteiger partial charge < -0.3 is 0 Å². The maximum atomic E-state index is 2.40. The molecule has 5 rings (SSSR count). The van der Waals surface area contributed by atoms with Crippen LogP contribution >= 0.6 is 0 Å². The first-order chi connectivity index (χ1) is 16.2. The third-order valence-corrected chi connectivity index (χ3v) is 20.5. The predicted molar refractivity (Wildman–Crippen MR) is 143 cm³/mol. The Balaban J connectivity index is 1.86. The Morgan fingerprint density at radius 1 is 0.545 bits per heavy atom. The van der Waals surface area contributed by atoms with Gasteiger partial charge in [0.15, 0.2) is 0 Å². The van der Waals surface area contributed by atoms with E-state index in [0.717, 1.165) is 6.42 Å². The molecule has 0 heterocycles. The molecule has 1 aliphatic carbocycles. The Hall–Kier alpha value is -2.73. The monoisotopic (exact) mass is 625 g/mol. The van der Waals surface area contributed by atoms with Crippen LogP contribution in [0.15, 0.2) is 142 Å². The van der Waals surface area contributed by atoms with E-state index in [0.29, 0.717) is 0 Å². The molecule has 0 unspecified atom stereocenters. The van der Waals surface area contributed by atoms with E-state index >= 15 is 0 Å². The van der Waals surface area contributed by atoms with E-state index in [9.17, 15) is 0 Å².